The molecule has 0 atom stereocenters. The fourth-order valence-electron chi connectivity index (χ4n) is 0.380. The SMILES string of the molecule is COC(=S)CCC(C)=O. The molecule has 0 aromatic rings. The van der Waals surface area contributed by atoms with Crippen LogP contribution in [0.15, 0.2) is 0 Å². The fourth-order valence-corrected chi connectivity index (χ4v) is 0.482. The highest BCUT2D eigenvalue weighted by atomic mass is 32.1. The number of ether oxygens (including phenoxy) is 1. The van der Waals surface area contributed by atoms with Gasteiger partial charge in [0.15, 0.2) is 5.05 Å². The van der Waals surface area contributed by atoms with Crippen molar-refractivity contribution in [2.75, 3.05) is 7.11 Å². The van der Waals surface area contributed by atoms with Gasteiger partial charge in [0.2, 0.25) is 0 Å². The average molecular weight is 146 g/mol. The van der Waals surface area contributed by atoms with Gasteiger partial charge in [0.1, 0.15) is 5.78 Å². The van der Waals surface area contributed by atoms with Gasteiger partial charge in [0.25, 0.3) is 0 Å². The number of hydrogen-bond acceptors (Lipinski definition) is 3. The van der Waals surface area contributed by atoms with E-state index in [9.17, 15) is 4.79 Å². The predicted octanol–water partition coefficient (Wildman–Crippen LogP) is 1.33. The van der Waals surface area contributed by atoms with Crippen molar-refractivity contribution in [3.63, 3.8) is 0 Å². The van der Waals surface area contributed by atoms with Crippen LogP contribution in [0, 0.1) is 0 Å². The summed E-state index contributed by atoms with van der Waals surface area (Å²) in [5.74, 6) is 0.148. The molecular weight excluding hydrogens is 136 g/mol. The molecular formula is C6H10O2S. The van der Waals surface area contributed by atoms with Gasteiger partial charge in [-0.3, -0.25) is 0 Å². The Morgan fingerprint density at radius 1 is 1.56 bits per heavy atom. The molecule has 2 nitrogen and oxygen atoms in total. The van der Waals surface area contributed by atoms with Crippen LogP contribution in [0.5, 0.6) is 0 Å². The Labute approximate surface area is 60.2 Å². The molecule has 52 valence electrons. The van der Waals surface area contributed by atoms with Crippen molar-refractivity contribution >= 4 is 23.1 Å². The first-order valence-electron chi connectivity index (χ1n) is 2.73. The summed E-state index contributed by atoms with van der Waals surface area (Å²) in [5.41, 5.74) is 0. The summed E-state index contributed by atoms with van der Waals surface area (Å²) in [5, 5.41) is 0.505. The second kappa shape index (κ2) is 4.44. The monoisotopic (exact) mass is 146 g/mol. The number of ketones is 1. The number of Topliss-reactive ketones (excluding diaryl/α,β-unsaturated/α-hetero) is 1. The summed E-state index contributed by atoms with van der Waals surface area (Å²) < 4.78 is 4.68. The topological polar surface area (TPSA) is 26.3 Å². The minimum atomic E-state index is 0.148. The fraction of sp³-hybridized carbons (Fsp3) is 0.667. The van der Waals surface area contributed by atoms with E-state index in [0.29, 0.717) is 17.9 Å². The van der Waals surface area contributed by atoms with Crippen LogP contribution in [-0.4, -0.2) is 17.9 Å². The first-order chi connectivity index (χ1) is 4.16. The highest BCUT2D eigenvalue weighted by Gasteiger charge is 1.96. The Bertz CT molecular complexity index is 120. The summed E-state index contributed by atoms with van der Waals surface area (Å²) in [6.45, 7) is 1.54. The number of methoxy groups -OCH3 is 1. The van der Waals surface area contributed by atoms with Crippen molar-refractivity contribution < 1.29 is 9.53 Å². The Morgan fingerprint density at radius 3 is 2.44 bits per heavy atom. The third kappa shape index (κ3) is 5.43. The van der Waals surface area contributed by atoms with Crippen LogP contribution in [0.4, 0.5) is 0 Å². The van der Waals surface area contributed by atoms with E-state index in [4.69, 9.17) is 12.2 Å². The lowest BCUT2D eigenvalue weighted by Gasteiger charge is -1.97. The van der Waals surface area contributed by atoms with Crippen molar-refractivity contribution in [1.82, 2.24) is 0 Å². The van der Waals surface area contributed by atoms with Crippen LogP contribution < -0.4 is 0 Å². The van der Waals surface area contributed by atoms with E-state index in [-0.39, 0.29) is 5.78 Å². The standard InChI is InChI=1S/C6H10O2S/c1-5(7)3-4-6(9)8-2/h3-4H2,1-2H3. The average Bonchev–Trinajstić information content (AvgIpc) is 1.83. The van der Waals surface area contributed by atoms with Gasteiger partial charge in [-0.25, -0.2) is 0 Å². The van der Waals surface area contributed by atoms with Gasteiger partial charge in [-0.1, -0.05) is 0 Å². The maximum absolute atomic E-state index is 10.3. The van der Waals surface area contributed by atoms with Gasteiger partial charge in [-0.15, -0.1) is 0 Å². The van der Waals surface area contributed by atoms with Gasteiger partial charge in [-0.05, 0) is 19.1 Å². The second-order valence-electron chi connectivity index (χ2n) is 1.78. The zero-order chi connectivity index (χ0) is 7.28. The van der Waals surface area contributed by atoms with Crippen molar-refractivity contribution in [1.29, 1.82) is 0 Å². The molecule has 0 radical (unpaired) electrons. The predicted molar refractivity (Wildman–Crippen MR) is 39.5 cm³/mol. The van der Waals surface area contributed by atoms with E-state index < -0.39 is 0 Å². The molecule has 0 N–H and O–H groups in total. The van der Waals surface area contributed by atoms with Gasteiger partial charge in [-0.2, -0.15) is 0 Å². The summed E-state index contributed by atoms with van der Waals surface area (Å²) >= 11 is 4.70. The Kier molecular flexibility index (Phi) is 4.22. The zero-order valence-corrected chi connectivity index (χ0v) is 6.46. The molecule has 0 spiro atoms. The summed E-state index contributed by atoms with van der Waals surface area (Å²) in [6.07, 6.45) is 1.06. The van der Waals surface area contributed by atoms with Crippen molar-refractivity contribution in [2.24, 2.45) is 0 Å². The van der Waals surface area contributed by atoms with Crippen LogP contribution in [0.1, 0.15) is 19.8 Å². The van der Waals surface area contributed by atoms with Crippen molar-refractivity contribution in [2.45, 2.75) is 19.8 Å². The highest BCUT2D eigenvalue weighted by Crippen LogP contribution is 1.94. The number of carbonyl (C=O) groups excluding carboxylic acids is 1. The molecule has 0 saturated carbocycles. The van der Waals surface area contributed by atoms with Gasteiger partial charge in [0.05, 0.1) is 7.11 Å². The number of rotatable bonds is 3. The molecule has 0 fully saturated rings. The van der Waals surface area contributed by atoms with Gasteiger partial charge >= 0.3 is 0 Å². The third-order valence-electron chi connectivity index (χ3n) is 0.909. The van der Waals surface area contributed by atoms with E-state index in [1.54, 1.807) is 0 Å². The molecule has 0 aromatic heterocycles. The molecule has 0 aliphatic heterocycles. The molecule has 0 saturated heterocycles. The van der Waals surface area contributed by atoms with Crippen LogP contribution in [0.25, 0.3) is 0 Å². The molecule has 0 rings (SSSR count). The van der Waals surface area contributed by atoms with Gasteiger partial charge < -0.3 is 9.53 Å². The lowest BCUT2D eigenvalue weighted by Crippen LogP contribution is -2.00. The van der Waals surface area contributed by atoms with Crippen LogP contribution in [-0.2, 0) is 9.53 Å². The molecule has 0 unspecified atom stereocenters. The first-order valence-corrected chi connectivity index (χ1v) is 3.14. The van der Waals surface area contributed by atoms with E-state index in [0.717, 1.165) is 0 Å². The summed E-state index contributed by atoms with van der Waals surface area (Å²) in [7, 11) is 1.52. The minimum absolute atomic E-state index is 0.148. The quantitative estimate of drug-likeness (QED) is 0.562. The Balaban J connectivity index is 3.28. The maximum atomic E-state index is 10.3. The maximum Gasteiger partial charge on any atom is 0.159 e. The molecule has 9 heavy (non-hydrogen) atoms. The van der Waals surface area contributed by atoms with Crippen LogP contribution in [0.3, 0.4) is 0 Å². The largest absolute Gasteiger partial charge is 0.490 e. The lowest BCUT2D eigenvalue weighted by atomic mass is 10.2. The van der Waals surface area contributed by atoms with E-state index in [1.807, 2.05) is 0 Å². The summed E-state index contributed by atoms with van der Waals surface area (Å²) in [4.78, 5) is 10.3. The molecule has 0 bridgehead atoms. The molecule has 0 amide bonds. The highest BCUT2D eigenvalue weighted by molar-refractivity contribution is 7.80. The molecule has 0 aliphatic carbocycles. The molecule has 3 heteroatoms. The molecule has 0 heterocycles. The molecule has 0 aromatic carbocycles. The third-order valence-corrected chi connectivity index (χ3v) is 1.28. The Morgan fingerprint density at radius 2 is 2.11 bits per heavy atom. The minimum Gasteiger partial charge on any atom is -0.490 e. The first kappa shape index (κ1) is 8.56. The number of carbonyl (C=O) groups is 1. The zero-order valence-electron chi connectivity index (χ0n) is 5.64. The lowest BCUT2D eigenvalue weighted by molar-refractivity contribution is -0.116. The summed E-state index contributed by atoms with van der Waals surface area (Å²) in [6, 6.07) is 0. The Hall–Kier alpha value is -0.440. The van der Waals surface area contributed by atoms with E-state index in [2.05, 4.69) is 4.74 Å². The second-order valence-corrected chi connectivity index (χ2v) is 2.23. The van der Waals surface area contributed by atoms with Gasteiger partial charge in [0, 0.05) is 12.8 Å². The smallest absolute Gasteiger partial charge is 0.159 e. The number of thiocarbonyl (C=S) groups is 1. The molecule has 0 aliphatic rings. The van der Waals surface area contributed by atoms with E-state index in [1.165, 1.54) is 14.0 Å². The van der Waals surface area contributed by atoms with Crippen LogP contribution in [0.2, 0.25) is 0 Å². The van der Waals surface area contributed by atoms with Crippen molar-refractivity contribution in [3.05, 3.63) is 0 Å². The number of hydrogen-bond donors (Lipinski definition) is 0. The normalized spacial score (nSPS) is 8.67. The van der Waals surface area contributed by atoms with Crippen LogP contribution >= 0.6 is 12.2 Å². The van der Waals surface area contributed by atoms with Crippen molar-refractivity contribution in [3.8, 4) is 0 Å². The van der Waals surface area contributed by atoms with E-state index >= 15 is 0 Å².